The van der Waals surface area contributed by atoms with Crippen molar-refractivity contribution in [3.63, 3.8) is 0 Å². The molecule has 0 aliphatic heterocycles. The standard InChI is InChI=1S/C21H29N3O5S2/c1-15(2)23-30(26,27)19-10-6-8-17(12-19)14-22-21(25)18-9-7-11-20(13-18)31(28,29)24(5)16(3)4/h6-13,15-16,23H,14H2,1-5H3,(H,22,25). The minimum atomic E-state index is -3.71. The van der Waals surface area contributed by atoms with Crippen LogP contribution in [0.5, 0.6) is 0 Å². The predicted molar refractivity (Wildman–Crippen MR) is 120 cm³/mol. The third-order valence-electron chi connectivity index (χ3n) is 4.55. The van der Waals surface area contributed by atoms with E-state index < -0.39 is 26.0 Å². The highest BCUT2D eigenvalue weighted by Gasteiger charge is 2.24. The molecule has 8 nitrogen and oxygen atoms in total. The molecule has 0 aliphatic carbocycles. The average Bonchev–Trinajstić information content (AvgIpc) is 2.70. The number of rotatable bonds is 9. The van der Waals surface area contributed by atoms with Crippen molar-refractivity contribution in [2.75, 3.05) is 7.05 Å². The van der Waals surface area contributed by atoms with Gasteiger partial charge in [0.15, 0.2) is 0 Å². The van der Waals surface area contributed by atoms with Crippen molar-refractivity contribution in [3.05, 3.63) is 59.7 Å². The van der Waals surface area contributed by atoms with Gasteiger partial charge in [-0.15, -0.1) is 0 Å². The smallest absolute Gasteiger partial charge is 0.251 e. The molecule has 0 aliphatic rings. The molecule has 170 valence electrons. The monoisotopic (exact) mass is 467 g/mol. The van der Waals surface area contributed by atoms with E-state index in [1.807, 2.05) is 0 Å². The van der Waals surface area contributed by atoms with Crippen LogP contribution in [0.15, 0.2) is 58.3 Å². The maximum Gasteiger partial charge on any atom is 0.251 e. The van der Waals surface area contributed by atoms with Crippen LogP contribution in [0.4, 0.5) is 0 Å². The molecular formula is C21H29N3O5S2. The molecule has 0 atom stereocenters. The van der Waals surface area contributed by atoms with Gasteiger partial charge < -0.3 is 5.32 Å². The zero-order valence-corrected chi connectivity index (χ0v) is 19.9. The Morgan fingerprint density at radius 2 is 1.55 bits per heavy atom. The molecule has 0 heterocycles. The lowest BCUT2D eigenvalue weighted by atomic mass is 10.2. The van der Waals surface area contributed by atoms with Gasteiger partial charge in [-0.3, -0.25) is 4.79 Å². The highest BCUT2D eigenvalue weighted by molar-refractivity contribution is 7.89. The van der Waals surface area contributed by atoms with E-state index in [1.165, 1.54) is 47.8 Å². The van der Waals surface area contributed by atoms with E-state index in [-0.39, 0.29) is 34.0 Å². The lowest BCUT2D eigenvalue weighted by molar-refractivity contribution is 0.0950. The number of amides is 1. The molecule has 31 heavy (non-hydrogen) atoms. The first-order chi connectivity index (χ1) is 14.3. The second kappa shape index (κ2) is 9.90. The summed E-state index contributed by atoms with van der Waals surface area (Å²) in [5, 5.41) is 2.70. The number of nitrogens with one attached hydrogen (secondary N) is 2. The molecule has 0 fully saturated rings. The maximum atomic E-state index is 12.7. The van der Waals surface area contributed by atoms with Gasteiger partial charge in [0.25, 0.3) is 5.91 Å². The Labute approximate surface area is 184 Å². The van der Waals surface area contributed by atoms with E-state index in [4.69, 9.17) is 0 Å². The predicted octanol–water partition coefficient (Wildman–Crippen LogP) is 2.33. The Morgan fingerprint density at radius 3 is 2.16 bits per heavy atom. The molecule has 0 radical (unpaired) electrons. The fraction of sp³-hybridized carbons (Fsp3) is 0.381. The summed E-state index contributed by atoms with van der Waals surface area (Å²) in [4.78, 5) is 12.7. The molecule has 10 heteroatoms. The quantitative estimate of drug-likeness (QED) is 0.588. The Hall–Kier alpha value is -2.27. The Kier molecular flexibility index (Phi) is 7.98. The van der Waals surface area contributed by atoms with Crippen LogP contribution in [0.1, 0.15) is 43.6 Å². The summed E-state index contributed by atoms with van der Waals surface area (Å²) in [5.41, 5.74) is 0.798. The number of carbonyl (C=O) groups is 1. The molecule has 0 bridgehead atoms. The number of hydrogen-bond acceptors (Lipinski definition) is 5. The summed E-state index contributed by atoms with van der Waals surface area (Å²) in [6, 6.07) is 11.6. The zero-order valence-electron chi connectivity index (χ0n) is 18.3. The summed E-state index contributed by atoms with van der Waals surface area (Å²) in [5.74, 6) is -0.460. The first-order valence-electron chi connectivity index (χ1n) is 9.82. The molecule has 0 spiro atoms. The number of sulfonamides is 2. The maximum absolute atomic E-state index is 12.7. The van der Waals surface area contributed by atoms with E-state index >= 15 is 0 Å². The van der Waals surface area contributed by atoms with Gasteiger partial charge in [-0.25, -0.2) is 21.6 Å². The molecule has 0 saturated heterocycles. The van der Waals surface area contributed by atoms with E-state index in [1.54, 1.807) is 39.8 Å². The molecule has 2 aromatic rings. The second-order valence-electron chi connectivity index (χ2n) is 7.75. The fourth-order valence-corrected chi connectivity index (χ4v) is 5.46. The molecule has 0 unspecified atom stereocenters. The van der Waals surface area contributed by atoms with Gasteiger partial charge in [0, 0.05) is 31.2 Å². The lowest BCUT2D eigenvalue weighted by Crippen LogP contribution is -2.33. The van der Waals surface area contributed by atoms with Crippen molar-refractivity contribution < 1.29 is 21.6 Å². The van der Waals surface area contributed by atoms with Crippen LogP contribution >= 0.6 is 0 Å². The molecule has 0 saturated carbocycles. The van der Waals surface area contributed by atoms with Gasteiger partial charge in [-0.2, -0.15) is 4.31 Å². The minimum Gasteiger partial charge on any atom is -0.348 e. The molecule has 0 aromatic heterocycles. The van der Waals surface area contributed by atoms with Crippen molar-refractivity contribution >= 4 is 26.0 Å². The van der Waals surface area contributed by atoms with Crippen molar-refractivity contribution in [2.24, 2.45) is 0 Å². The summed E-state index contributed by atoms with van der Waals surface area (Å²) < 4.78 is 53.7. The molecule has 1 amide bonds. The van der Waals surface area contributed by atoms with Crippen molar-refractivity contribution in [1.29, 1.82) is 0 Å². The Balaban J connectivity index is 2.17. The summed E-state index contributed by atoms with van der Waals surface area (Å²) in [6.07, 6.45) is 0. The average molecular weight is 468 g/mol. The normalized spacial score (nSPS) is 12.5. The van der Waals surface area contributed by atoms with Crippen LogP contribution in [0.3, 0.4) is 0 Å². The third kappa shape index (κ3) is 6.36. The highest BCUT2D eigenvalue weighted by atomic mass is 32.2. The van der Waals surface area contributed by atoms with Gasteiger partial charge >= 0.3 is 0 Å². The van der Waals surface area contributed by atoms with Gasteiger partial charge in [0.1, 0.15) is 0 Å². The van der Waals surface area contributed by atoms with Crippen LogP contribution in [0.2, 0.25) is 0 Å². The number of nitrogens with zero attached hydrogens (tertiary/aromatic N) is 1. The largest absolute Gasteiger partial charge is 0.348 e. The SMILES string of the molecule is CC(C)NS(=O)(=O)c1cccc(CNC(=O)c2cccc(S(=O)(=O)N(C)C(C)C)c2)c1. The van der Waals surface area contributed by atoms with Crippen LogP contribution in [0, 0.1) is 0 Å². The Morgan fingerprint density at radius 1 is 0.935 bits per heavy atom. The van der Waals surface area contributed by atoms with Crippen LogP contribution < -0.4 is 10.0 Å². The van der Waals surface area contributed by atoms with Gasteiger partial charge in [-0.05, 0) is 63.6 Å². The van der Waals surface area contributed by atoms with Gasteiger partial charge in [0.05, 0.1) is 9.79 Å². The van der Waals surface area contributed by atoms with E-state index in [0.29, 0.717) is 5.56 Å². The zero-order chi connectivity index (χ0) is 23.4. The summed E-state index contributed by atoms with van der Waals surface area (Å²) in [7, 11) is -5.87. The molecule has 2 rings (SSSR count). The number of carbonyl (C=O) groups excluding carboxylic acids is 1. The van der Waals surface area contributed by atoms with Crippen LogP contribution in [-0.2, 0) is 26.6 Å². The topological polar surface area (TPSA) is 113 Å². The van der Waals surface area contributed by atoms with E-state index in [0.717, 1.165) is 0 Å². The summed E-state index contributed by atoms with van der Waals surface area (Å²) >= 11 is 0. The van der Waals surface area contributed by atoms with E-state index in [9.17, 15) is 21.6 Å². The van der Waals surface area contributed by atoms with E-state index in [2.05, 4.69) is 10.0 Å². The number of hydrogen-bond donors (Lipinski definition) is 2. The van der Waals surface area contributed by atoms with Crippen molar-refractivity contribution in [3.8, 4) is 0 Å². The fourth-order valence-electron chi connectivity index (χ4n) is 2.73. The van der Waals surface area contributed by atoms with Crippen molar-refractivity contribution in [2.45, 2.75) is 56.1 Å². The highest BCUT2D eigenvalue weighted by Crippen LogP contribution is 2.18. The van der Waals surface area contributed by atoms with Crippen LogP contribution in [0.25, 0.3) is 0 Å². The van der Waals surface area contributed by atoms with Crippen LogP contribution in [-0.4, -0.2) is 46.2 Å². The summed E-state index contributed by atoms with van der Waals surface area (Å²) in [6.45, 7) is 7.08. The van der Waals surface area contributed by atoms with Gasteiger partial charge in [-0.1, -0.05) is 18.2 Å². The molecule has 2 N–H and O–H groups in total. The second-order valence-corrected chi connectivity index (χ2v) is 11.5. The van der Waals surface area contributed by atoms with Crippen molar-refractivity contribution in [1.82, 2.24) is 14.3 Å². The first kappa shape index (κ1) is 25.0. The molecular weight excluding hydrogens is 438 g/mol. The Bertz CT molecular complexity index is 1140. The van der Waals surface area contributed by atoms with Gasteiger partial charge in [0.2, 0.25) is 20.0 Å². The first-order valence-corrected chi connectivity index (χ1v) is 12.7. The molecule has 2 aromatic carbocycles. The lowest BCUT2D eigenvalue weighted by Gasteiger charge is -2.21. The number of benzene rings is 2. The third-order valence-corrected chi connectivity index (χ3v) is 8.24. The minimum absolute atomic E-state index is 0.0317.